The minimum Gasteiger partial charge on any atom is -0.394 e. The maximum Gasteiger partial charge on any atom is 0.251 e. The molecule has 6 nitrogen and oxygen atoms in total. The molecule has 5 N–H and O–H groups in total. The molecule has 3 rings (SSSR count). The predicted octanol–water partition coefficient (Wildman–Crippen LogP) is 1.18. The number of nitrogens with two attached hydrogens (primary N) is 1. The second-order valence-electron chi connectivity index (χ2n) is 7.09. The molecule has 0 aromatic heterocycles. The van der Waals surface area contributed by atoms with Crippen LogP contribution in [0.1, 0.15) is 39.5 Å². The van der Waals surface area contributed by atoms with Gasteiger partial charge in [-0.15, -0.1) is 0 Å². The molecule has 144 valence electrons. The number of benzene rings is 2. The highest BCUT2D eigenvalue weighted by molar-refractivity contribution is 5.94. The Morgan fingerprint density at radius 1 is 1.22 bits per heavy atom. The molecule has 0 spiro atoms. The molecule has 1 fully saturated rings. The van der Waals surface area contributed by atoms with Crippen molar-refractivity contribution >= 4 is 5.91 Å². The van der Waals surface area contributed by atoms with Gasteiger partial charge in [-0.1, -0.05) is 36.4 Å². The van der Waals surface area contributed by atoms with Gasteiger partial charge in [0.15, 0.2) is 0 Å². The van der Waals surface area contributed by atoms with Gasteiger partial charge >= 0.3 is 0 Å². The van der Waals surface area contributed by atoms with E-state index in [0.29, 0.717) is 12.1 Å². The van der Waals surface area contributed by atoms with Gasteiger partial charge in [0.05, 0.1) is 18.8 Å². The number of nitrogens with zero attached hydrogens (tertiary/aromatic N) is 1. The average Bonchev–Trinajstić information content (AvgIpc) is 3.11. The highest BCUT2D eigenvalue weighted by Gasteiger charge is 2.19. The van der Waals surface area contributed by atoms with Crippen LogP contribution in [-0.4, -0.2) is 46.8 Å². The Morgan fingerprint density at radius 2 is 1.96 bits per heavy atom. The molecule has 27 heavy (non-hydrogen) atoms. The van der Waals surface area contributed by atoms with Crippen molar-refractivity contribution < 1.29 is 15.0 Å². The predicted molar refractivity (Wildman–Crippen MR) is 104 cm³/mol. The van der Waals surface area contributed by atoms with Gasteiger partial charge in [-0.25, -0.2) is 0 Å². The van der Waals surface area contributed by atoms with Crippen molar-refractivity contribution in [2.45, 2.75) is 31.7 Å². The first kappa shape index (κ1) is 19.5. The maximum absolute atomic E-state index is 12.4. The number of hydrogen-bond donors (Lipinski definition) is 4. The molecule has 0 aliphatic carbocycles. The number of carbonyl (C=O) groups excluding carboxylic acids is 1. The second-order valence-corrected chi connectivity index (χ2v) is 7.09. The molecule has 2 aromatic rings. The molecule has 1 saturated heterocycles. The summed E-state index contributed by atoms with van der Waals surface area (Å²) in [4.78, 5) is 14.6. The molecule has 0 bridgehead atoms. The fourth-order valence-electron chi connectivity index (χ4n) is 3.28. The van der Waals surface area contributed by atoms with Crippen LogP contribution in [0.15, 0.2) is 48.5 Å². The maximum atomic E-state index is 12.4. The van der Waals surface area contributed by atoms with Gasteiger partial charge in [-0.05, 0) is 35.2 Å². The van der Waals surface area contributed by atoms with E-state index in [1.54, 1.807) is 24.3 Å². The van der Waals surface area contributed by atoms with Crippen molar-refractivity contribution in [2.75, 3.05) is 19.7 Å². The summed E-state index contributed by atoms with van der Waals surface area (Å²) < 4.78 is 0. The Hall–Kier alpha value is -2.25. The summed E-state index contributed by atoms with van der Waals surface area (Å²) in [6, 6.07) is 14.7. The Morgan fingerprint density at radius 3 is 2.63 bits per heavy atom. The van der Waals surface area contributed by atoms with E-state index < -0.39 is 6.04 Å². The molecule has 2 atom stereocenters. The summed E-state index contributed by atoms with van der Waals surface area (Å²) in [7, 11) is 0. The zero-order valence-corrected chi connectivity index (χ0v) is 15.3. The highest BCUT2D eigenvalue weighted by atomic mass is 16.3. The quantitative estimate of drug-likeness (QED) is 0.587. The van der Waals surface area contributed by atoms with E-state index >= 15 is 0 Å². The lowest BCUT2D eigenvalue weighted by Crippen LogP contribution is -2.23. The van der Waals surface area contributed by atoms with Gasteiger partial charge in [0.25, 0.3) is 5.91 Å². The highest BCUT2D eigenvalue weighted by Crippen LogP contribution is 2.15. The molecule has 0 radical (unpaired) electrons. The Bertz CT molecular complexity index is 764. The molecule has 2 unspecified atom stereocenters. The third-order valence-corrected chi connectivity index (χ3v) is 4.90. The summed E-state index contributed by atoms with van der Waals surface area (Å²) in [6.07, 6.45) is 0.638. The summed E-state index contributed by atoms with van der Waals surface area (Å²) in [5, 5.41) is 21.7. The number of carbonyl (C=O) groups is 1. The number of aliphatic hydroxyl groups excluding tert-OH is 2. The van der Waals surface area contributed by atoms with Gasteiger partial charge < -0.3 is 21.3 Å². The van der Waals surface area contributed by atoms with Crippen molar-refractivity contribution in [3.63, 3.8) is 0 Å². The molecular weight excluding hydrogens is 342 g/mol. The average molecular weight is 369 g/mol. The first-order chi connectivity index (χ1) is 13.0. The number of β-amino-alcohol motifs (C(OH)–C–C–N with tert-alkyl or cyclic N) is 1. The van der Waals surface area contributed by atoms with Crippen molar-refractivity contribution in [1.29, 1.82) is 0 Å². The topological polar surface area (TPSA) is 98.8 Å². The summed E-state index contributed by atoms with van der Waals surface area (Å²) in [6.45, 7) is 2.78. The first-order valence-corrected chi connectivity index (χ1v) is 9.28. The van der Waals surface area contributed by atoms with Crippen LogP contribution in [0, 0.1) is 0 Å². The Labute approximate surface area is 159 Å². The van der Waals surface area contributed by atoms with Gasteiger partial charge in [0.2, 0.25) is 0 Å². The first-order valence-electron chi connectivity index (χ1n) is 9.28. The molecule has 1 amide bonds. The number of rotatable bonds is 7. The molecular formula is C21H27N3O3. The van der Waals surface area contributed by atoms with E-state index in [4.69, 9.17) is 10.8 Å². The molecule has 1 aliphatic rings. The smallest absolute Gasteiger partial charge is 0.251 e. The number of nitrogens with one attached hydrogen (secondary N) is 1. The lowest BCUT2D eigenvalue weighted by molar-refractivity contribution is 0.0950. The van der Waals surface area contributed by atoms with Crippen LogP contribution in [0.3, 0.4) is 0 Å². The monoisotopic (exact) mass is 369 g/mol. The Balaban J connectivity index is 1.53. The van der Waals surface area contributed by atoms with E-state index in [1.165, 1.54) is 5.56 Å². The minimum atomic E-state index is -0.484. The summed E-state index contributed by atoms with van der Waals surface area (Å²) in [5.74, 6) is -0.169. The molecule has 1 heterocycles. The van der Waals surface area contributed by atoms with Crippen molar-refractivity contribution in [2.24, 2.45) is 5.73 Å². The fraction of sp³-hybridized carbons (Fsp3) is 0.381. The normalized spacial score (nSPS) is 18.4. The number of amides is 1. The third kappa shape index (κ3) is 5.37. The van der Waals surface area contributed by atoms with Crippen LogP contribution in [-0.2, 0) is 13.1 Å². The lowest BCUT2D eigenvalue weighted by atomic mass is 10.0. The van der Waals surface area contributed by atoms with E-state index in [1.807, 2.05) is 12.1 Å². The Kier molecular flexibility index (Phi) is 6.58. The van der Waals surface area contributed by atoms with Gasteiger partial charge in [0, 0.05) is 31.7 Å². The van der Waals surface area contributed by atoms with Crippen LogP contribution < -0.4 is 11.1 Å². The summed E-state index contributed by atoms with van der Waals surface area (Å²) >= 11 is 0. The van der Waals surface area contributed by atoms with Crippen molar-refractivity contribution in [1.82, 2.24) is 10.2 Å². The third-order valence-electron chi connectivity index (χ3n) is 4.90. The van der Waals surface area contributed by atoms with Crippen molar-refractivity contribution in [3.8, 4) is 0 Å². The summed E-state index contributed by atoms with van der Waals surface area (Å²) in [5.41, 5.74) is 9.30. The number of hydrogen-bond acceptors (Lipinski definition) is 5. The number of aliphatic hydroxyl groups is 2. The molecule has 1 aliphatic heterocycles. The van der Waals surface area contributed by atoms with Crippen LogP contribution in [0.4, 0.5) is 0 Å². The second kappa shape index (κ2) is 9.10. The minimum absolute atomic E-state index is 0.159. The van der Waals surface area contributed by atoms with Gasteiger partial charge in [-0.3, -0.25) is 9.69 Å². The zero-order chi connectivity index (χ0) is 19.2. The largest absolute Gasteiger partial charge is 0.394 e. The van der Waals surface area contributed by atoms with E-state index in [2.05, 4.69) is 22.3 Å². The van der Waals surface area contributed by atoms with E-state index in [-0.39, 0.29) is 18.6 Å². The van der Waals surface area contributed by atoms with Crippen LogP contribution in [0.25, 0.3) is 0 Å². The SMILES string of the molecule is NC(CO)c1cccc(C(=O)NCc2ccc(CN3CCC(O)C3)cc2)c1. The van der Waals surface area contributed by atoms with E-state index in [9.17, 15) is 9.90 Å². The molecule has 0 saturated carbocycles. The van der Waals surface area contributed by atoms with E-state index in [0.717, 1.165) is 37.2 Å². The lowest BCUT2D eigenvalue weighted by Gasteiger charge is -2.15. The number of likely N-dealkylation sites (tertiary alicyclic amines) is 1. The van der Waals surface area contributed by atoms with Crippen molar-refractivity contribution in [3.05, 3.63) is 70.8 Å². The molecule has 6 heteroatoms. The zero-order valence-electron chi connectivity index (χ0n) is 15.3. The van der Waals surface area contributed by atoms with Crippen LogP contribution in [0.2, 0.25) is 0 Å². The van der Waals surface area contributed by atoms with Gasteiger partial charge in [0.1, 0.15) is 0 Å². The van der Waals surface area contributed by atoms with Crippen LogP contribution in [0.5, 0.6) is 0 Å². The molecule has 2 aromatic carbocycles. The standard InChI is InChI=1S/C21H27N3O3/c22-20(14-25)17-2-1-3-18(10-17)21(27)23-11-15-4-6-16(7-5-15)12-24-9-8-19(26)13-24/h1-7,10,19-20,25-26H,8-9,11-14,22H2,(H,23,27). The van der Waals surface area contributed by atoms with Crippen LogP contribution >= 0.6 is 0 Å². The van der Waals surface area contributed by atoms with Gasteiger partial charge in [-0.2, -0.15) is 0 Å². The fourth-order valence-corrected chi connectivity index (χ4v) is 3.28.